The number of hydrogen-bond donors (Lipinski definition) is 1. The minimum Gasteiger partial charge on any atom is -0.497 e. The number of likely N-dealkylation sites (N-methyl/N-ethyl adjacent to an activating group) is 1. The molecule has 3 heterocycles. The van der Waals surface area contributed by atoms with E-state index in [1.165, 1.54) is 5.57 Å². The van der Waals surface area contributed by atoms with Gasteiger partial charge in [0.1, 0.15) is 18.1 Å². The van der Waals surface area contributed by atoms with Crippen LogP contribution in [0.1, 0.15) is 24.8 Å². The molecule has 1 N–H and O–H groups in total. The zero-order chi connectivity index (χ0) is 18.9. The predicted octanol–water partition coefficient (Wildman–Crippen LogP) is 1.76. The normalized spacial score (nSPS) is 26.6. The molecule has 0 radical (unpaired) electrons. The van der Waals surface area contributed by atoms with Gasteiger partial charge in [-0.2, -0.15) is 0 Å². The van der Waals surface area contributed by atoms with E-state index < -0.39 is 0 Å². The monoisotopic (exact) mass is 371 g/mol. The Kier molecular flexibility index (Phi) is 5.10. The molecule has 2 fully saturated rings. The topological polar surface area (TPSA) is 54.0 Å². The lowest BCUT2D eigenvalue weighted by atomic mass is 9.86. The molecule has 0 aromatic heterocycles. The maximum absolute atomic E-state index is 11.8. The van der Waals surface area contributed by atoms with E-state index in [1.54, 1.807) is 7.11 Å². The lowest BCUT2D eigenvalue weighted by molar-refractivity contribution is -0.121. The van der Waals surface area contributed by atoms with Gasteiger partial charge in [-0.1, -0.05) is 0 Å². The van der Waals surface area contributed by atoms with E-state index in [0.717, 1.165) is 62.6 Å². The van der Waals surface area contributed by atoms with Gasteiger partial charge in [0.05, 0.1) is 7.11 Å². The fourth-order valence-electron chi connectivity index (χ4n) is 4.52. The Morgan fingerprint density at radius 1 is 1.30 bits per heavy atom. The third kappa shape index (κ3) is 3.82. The van der Waals surface area contributed by atoms with Gasteiger partial charge < -0.3 is 14.8 Å². The molecular weight excluding hydrogens is 342 g/mol. The average molecular weight is 371 g/mol. The smallest absolute Gasteiger partial charge is 0.220 e. The standard InChI is InChI=1S/C21H29N3O3/c1-23-9-10-24(15-21(23)6-5-20(25)22-8-7-21)13-16-11-17-12-18(26-2)3-4-19(17)27-14-16/h3-4,11-12H,5-10,13-15H2,1-2H3,(H,22,25). The molecule has 2 saturated heterocycles. The fourth-order valence-corrected chi connectivity index (χ4v) is 4.52. The molecule has 0 saturated carbocycles. The van der Waals surface area contributed by atoms with E-state index in [0.29, 0.717) is 13.0 Å². The molecule has 1 aromatic carbocycles. The van der Waals surface area contributed by atoms with Crippen molar-refractivity contribution in [2.45, 2.75) is 24.8 Å². The van der Waals surface area contributed by atoms with Crippen molar-refractivity contribution in [3.8, 4) is 11.5 Å². The van der Waals surface area contributed by atoms with Gasteiger partial charge in [0.15, 0.2) is 0 Å². The van der Waals surface area contributed by atoms with Crippen molar-refractivity contribution in [3.63, 3.8) is 0 Å². The molecule has 1 amide bonds. The number of nitrogens with zero attached hydrogens (tertiary/aromatic N) is 2. The minimum atomic E-state index is 0.0919. The van der Waals surface area contributed by atoms with Crippen LogP contribution in [0.15, 0.2) is 23.8 Å². The summed E-state index contributed by atoms with van der Waals surface area (Å²) in [6.07, 6.45) is 4.81. The largest absolute Gasteiger partial charge is 0.497 e. The molecular formula is C21H29N3O3. The van der Waals surface area contributed by atoms with Crippen LogP contribution in [0.4, 0.5) is 0 Å². The highest BCUT2D eigenvalue weighted by atomic mass is 16.5. The van der Waals surface area contributed by atoms with Gasteiger partial charge in [-0.25, -0.2) is 0 Å². The summed E-state index contributed by atoms with van der Waals surface area (Å²) in [5, 5.41) is 3.03. The van der Waals surface area contributed by atoms with Gasteiger partial charge in [0.2, 0.25) is 5.91 Å². The summed E-state index contributed by atoms with van der Waals surface area (Å²) in [6.45, 7) is 5.40. The molecule has 1 aromatic rings. The second-order valence-corrected chi connectivity index (χ2v) is 7.95. The summed E-state index contributed by atoms with van der Waals surface area (Å²) in [5.41, 5.74) is 2.47. The van der Waals surface area contributed by atoms with Gasteiger partial charge in [-0.05, 0) is 49.7 Å². The summed E-state index contributed by atoms with van der Waals surface area (Å²) >= 11 is 0. The van der Waals surface area contributed by atoms with Gasteiger partial charge in [0.25, 0.3) is 0 Å². The van der Waals surface area contributed by atoms with E-state index in [9.17, 15) is 4.79 Å². The number of carbonyl (C=O) groups is 1. The summed E-state index contributed by atoms with van der Waals surface area (Å²) in [5.74, 6) is 1.96. The van der Waals surface area contributed by atoms with Crippen LogP contribution >= 0.6 is 0 Å². The second-order valence-electron chi connectivity index (χ2n) is 7.95. The third-order valence-electron chi connectivity index (χ3n) is 6.23. The Bertz CT molecular complexity index is 748. The van der Waals surface area contributed by atoms with Gasteiger partial charge in [-0.3, -0.25) is 14.6 Å². The summed E-state index contributed by atoms with van der Waals surface area (Å²) in [4.78, 5) is 16.8. The molecule has 1 unspecified atom stereocenters. The minimum absolute atomic E-state index is 0.0919. The molecule has 4 rings (SSSR count). The average Bonchev–Trinajstić information content (AvgIpc) is 2.86. The Hall–Kier alpha value is -2.05. The maximum atomic E-state index is 11.8. The lowest BCUT2D eigenvalue weighted by Gasteiger charge is -2.49. The van der Waals surface area contributed by atoms with Crippen LogP contribution in [0.25, 0.3) is 6.08 Å². The van der Waals surface area contributed by atoms with Gasteiger partial charge in [0, 0.05) is 50.2 Å². The molecule has 3 aliphatic rings. The first-order valence-electron chi connectivity index (χ1n) is 9.79. The molecule has 1 spiro atoms. The number of benzene rings is 1. The highest BCUT2D eigenvalue weighted by molar-refractivity contribution is 5.76. The number of rotatable bonds is 3. The Labute approximate surface area is 161 Å². The third-order valence-corrected chi connectivity index (χ3v) is 6.23. The van der Waals surface area contributed by atoms with Crippen molar-refractivity contribution in [2.24, 2.45) is 0 Å². The number of methoxy groups -OCH3 is 1. The van der Waals surface area contributed by atoms with E-state index in [2.05, 4.69) is 28.2 Å². The fraction of sp³-hybridized carbons (Fsp3) is 0.571. The highest BCUT2D eigenvalue weighted by Crippen LogP contribution is 2.33. The SMILES string of the molecule is COc1ccc2c(c1)C=C(CN1CCN(C)C3(CCNC(=O)CC3)C1)CO2. The van der Waals surface area contributed by atoms with E-state index >= 15 is 0 Å². The Balaban J connectivity index is 1.48. The number of nitrogens with one attached hydrogen (secondary N) is 1. The van der Waals surface area contributed by atoms with E-state index in [-0.39, 0.29) is 11.4 Å². The second kappa shape index (κ2) is 7.52. The van der Waals surface area contributed by atoms with Crippen molar-refractivity contribution in [3.05, 3.63) is 29.3 Å². The van der Waals surface area contributed by atoms with Crippen LogP contribution in [-0.4, -0.2) is 74.7 Å². The maximum Gasteiger partial charge on any atom is 0.220 e. The van der Waals surface area contributed by atoms with E-state index in [1.807, 2.05) is 18.2 Å². The van der Waals surface area contributed by atoms with Crippen molar-refractivity contribution in [2.75, 3.05) is 53.5 Å². The molecule has 27 heavy (non-hydrogen) atoms. The molecule has 1 atom stereocenters. The van der Waals surface area contributed by atoms with Gasteiger partial charge in [-0.15, -0.1) is 0 Å². The Morgan fingerprint density at radius 3 is 3.04 bits per heavy atom. The van der Waals surface area contributed by atoms with Gasteiger partial charge >= 0.3 is 0 Å². The summed E-state index contributed by atoms with van der Waals surface area (Å²) in [7, 11) is 3.89. The van der Waals surface area contributed by atoms with Crippen LogP contribution in [0, 0.1) is 0 Å². The van der Waals surface area contributed by atoms with Crippen LogP contribution < -0.4 is 14.8 Å². The molecule has 6 heteroatoms. The number of amides is 1. The van der Waals surface area contributed by atoms with Crippen LogP contribution in [-0.2, 0) is 4.79 Å². The molecule has 146 valence electrons. The predicted molar refractivity (Wildman–Crippen MR) is 105 cm³/mol. The number of fused-ring (bicyclic) bond motifs is 1. The van der Waals surface area contributed by atoms with Crippen LogP contribution in [0.2, 0.25) is 0 Å². The summed E-state index contributed by atoms with van der Waals surface area (Å²) < 4.78 is 11.3. The van der Waals surface area contributed by atoms with E-state index in [4.69, 9.17) is 9.47 Å². The number of hydrogen-bond acceptors (Lipinski definition) is 5. The number of ether oxygens (including phenoxy) is 2. The van der Waals surface area contributed by atoms with Crippen LogP contribution in [0.5, 0.6) is 11.5 Å². The molecule has 3 aliphatic heterocycles. The van der Waals surface area contributed by atoms with Crippen LogP contribution in [0.3, 0.4) is 0 Å². The zero-order valence-corrected chi connectivity index (χ0v) is 16.3. The number of carbonyl (C=O) groups excluding carboxylic acids is 1. The Morgan fingerprint density at radius 2 is 2.19 bits per heavy atom. The molecule has 6 nitrogen and oxygen atoms in total. The van der Waals surface area contributed by atoms with Crippen molar-refractivity contribution < 1.29 is 14.3 Å². The first kappa shape index (κ1) is 18.3. The highest BCUT2D eigenvalue weighted by Gasteiger charge is 2.40. The van der Waals surface area contributed by atoms with Crippen molar-refractivity contribution in [1.29, 1.82) is 0 Å². The van der Waals surface area contributed by atoms with Crippen molar-refractivity contribution >= 4 is 12.0 Å². The quantitative estimate of drug-likeness (QED) is 0.878. The first-order valence-corrected chi connectivity index (χ1v) is 9.79. The van der Waals surface area contributed by atoms with Crippen molar-refractivity contribution in [1.82, 2.24) is 15.1 Å². The zero-order valence-electron chi connectivity index (χ0n) is 16.3. The summed E-state index contributed by atoms with van der Waals surface area (Å²) in [6, 6.07) is 5.94. The lowest BCUT2D eigenvalue weighted by Crippen LogP contribution is -2.61. The molecule has 0 aliphatic carbocycles. The number of piperazine rings is 1. The molecule has 0 bridgehead atoms. The first-order chi connectivity index (χ1) is 13.1.